The Morgan fingerprint density at radius 2 is 1.89 bits per heavy atom. The molecular weight excluding hydrogens is 339 g/mol. The molecule has 0 aliphatic carbocycles. The van der Waals surface area contributed by atoms with Gasteiger partial charge >= 0.3 is 0 Å². The summed E-state index contributed by atoms with van der Waals surface area (Å²) in [5.74, 6) is 0.581. The van der Waals surface area contributed by atoms with Crippen molar-refractivity contribution in [1.82, 2.24) is 4.90 Å². The van der Waals surface area contributed by atoms with E-state index in [-0.39, 0.29) is 17.8 Å². The van der Waals surface area contributed by atoms with Gasteiger partial charge in [-0.1, -0.05) is 31.2 Å². The van der Waals surface area contributed by atoms with Crippen molar-refractivity contribution in [2.45, 2.75) is 45.7 Å². The van der Waals surface area contributed by atoms with E-state index in [1.807, 2.05) is 36.4 Å². The van der Waals surface area contributed by atoms with Crippen molar-refractivity contribution in [2.75, 3.05) is 18.4 Å². The lowest BCUT2D eigenvalue weighted by molar-refractivity contribution is 0.101. The number of hydrogen-bond donors (Lipinski definition) is 1. The van der Waals surface area contributed by atoms with Crippen LogP contribution < -0.4 is 5.32 Å². The first-order valence-corrected chi connectivity index (χ1v) is 9.91. The molecular formula is C23H29FN2O. The van der Waals surface area contributed by atoms with E-state index in [0.717, 1.165) is 50.0 Å². The topological polar surface area (TPSA) is 32.3 Å². The van der Waals surface area contributed by atoms with E-state index in [0.29, 0.717) is 5.92 Å². The Labute approximate surface area is 161 Å². The number of halogens is 1. The molecule has 144 valence electrons. The van der Waals surface area contributed by atoms with E-state index < -0.39 is 0 Å². The summed E-state index contributed by atoms with van der Waals surface area (Å²) >= 11 is 0. The average Bonchev–Trinajstić information content (AvgIpc) is 2.69. The van der Waals surface area contributed by atoms with E-state index in [1.54, 1.807) is 19.1 Å². The summed E-state index contributed by atoms with van der Waals surface area (Å²) in [7, 11) is 0. The highest BCUT2D eigenvalue weighted by atomic mass is 19.1. The van der Waals surface area contributed by atoms with Crippen molar-refractivity contribution in [2.24, 2.45) is 5.92 Å². The molecule has 1 unspecified atom stereocenters. The zero-order valence-corrected chi connectivity index (χ0v) is 16.2. The molecule has 3 nitrogen and oxygen atoms in total. The first-order valence-electron chi connectivity index (χ1n) is 9.91. The smallest absolute Gasteiger partial charge is 0.159 e. The largest absolute Gasteiger partial charge is 0.370 e. The fourth-order valence-corrected chi connectivity index (χ4v) is 3.89. The van der Waals surface area contributed by atoms with Gasteiger partial charge in [0.25, 0.3) is 0 Å². The Bertz CT molecular complexity index is 751. The Morgan fingerprint density at radius 1 is 1.19 bits per heavy atom. The van der Waals surface area contributed by atoms with Crippen molar-refractivity contribution < 1.29 is 9.18 Å². The van der Waals surface area contributed by atoms with Crippen molar-refractivity contribution in [3.8, 4) is 0 Å². The van der Waals surface area contributed by atoms with Crippen LogP contribution in [-0.4, -0.2) is 29.9 Å². The molecule has 0 radical (unpaired) electrons. The molecule has 2 aromatic rings. The van der Waals surface area contributed by atoms with Gasteiger partial charge in [-0.05, 0) is 68.4 Å². The van der Waals surface area contributed by atoms with Gasteiger partial charge in [0.05, 0.1) is 6.17 Å². The molecule has 1 N–H and O–H groups in total. The molecule has 2 aromatic carbocycles. The van der Waals surface area contributed by atoms with Crippen molar-refractivity contribution >= 4 is 11.5 Å². The second-order valence-corrected chi connectivity index (χ2v) is 7.52. The summed E-state index contributed by atoms with van der Waals surface area (Å²) in [5.41, 5.74) is 2.97. The van der Waals surface area contributed by atoms with Crippen LogP contribution in [0.15, 0.2) is 48.5 Å². The number of likely N-dealkylation sites (tertiary alicyclic amines) is 1. The third kappa shape index (κ3) is 5.39. The van der Waals surface area contributed by atoms with Crippen LogP contribution in [0.4, 0.5) is 10.1 Å². The van der Waals surface area contributed by atoms with Gasteiger partial charge in [0.15, 0.2) is 5.78 Å². The highest BCUT2D eigenvalue weighted by molar-refractivity contribution is 5.94. The minimum atomic E-state index is -0.167. The molecule has 3 rings (SSSR count). The second-order valence-electron chi connectivity index (χ2n) is 7.52. The standard InChI is InChI=1S/C23H29FN2O/c1-3-23(25-22-6-4-5-20(16-22)17(2)27)26-13-11-19(12-14-26)15-18-7-9-21(24)10-8-18/h4-10,16,19,23,25H,3,11-15H2,1-2H3. The molecule has 1 heterocycles. The van der Waals surface area contributed by atoms with Crippen LogP contribution in [-0.2, 0) is 6.42 Å². The maximum absolute atomic E-state index is 13.1. The van der Waals surface area contributed by atoms with Crippen molar-refractivity contribution in [3.05, 3.63) is 65.5 Å². The fourth-order valence-electron chi connectivity index (χ4n) is 3.89. The molecule has 1 atom stereocenters. The molecule has 1 aliphatic heterocycles. The van der Waals surface area contributed by atoms with Gasteiger partial charge in [0, 0.05) is 24.3 Å². The van der Waals surface area contributed by atoms with Crippen LogP contribution in [0.1, 0.15) is 49.0 Å². The van der Waals surface area contributed by atoms with Crippen LogP contribution in [0, 0.1) is 11.7 Å². The van der Waals surface area contributed by atoms with E-state index in [2.05, 4.69) is 17.1 Å². The van der Waals surface area contributed by atoms with Crippen molar-refractivity contribution in [1.29, 1.82) is 0 Å². The first kappa shape index (κ1) is 19.6. The fraction of sp³-hybridized carbons (Fsp3) is 0.435. The Morgan fingerprint density at radius 3 is 2.52 bits per heavy atom. The monoisotopic (exact) mass is 368 g/mol. The zero-order valence-electron chi connectivity index (χ0n) is 16.2. The maximum atomic E-state index is 13.1. The minimum absolute atomic E-state index is 0.0910. The number of Topliss-reactive ketones (excluding diaryl/α,β-unsaturated/α-hetero) is 1. The van der Waals surface area contributed by atoms with Gasteiger partial charge in [0.2, 0.25) is 0 Å². The van der Waals surface area contributed by atoms with Crippen LogP contribution in [0.2, 0.25) is 0 Å². The van der Waals surface area contributed by atoms with Gasteiger partial charge in [-0.3, -0.25) is 9.69 Å². The average molecular weight is 368 g/mol. The lowest BCUT2D eigenvalue weighted by atomic mass is 9.90. The number of benzene rings is 2. The highest BCUT2D eigenvalue weighted by Gasteiger charge is 2.24. The van der Waals surface area contributed by atoms with E-state index in [4.69, 9.17) is 0 Å². The van der Waals surface area contributed by atoms with Crippen LogP contribution in [0.25, 0.3) is 0 Å². The Balaban J connectivity index is 1.54. The molecule has 1 fully saturated rings. The number of anilines is 1. The molecule has 0 bridgehead atoms. The van der Waals surface area contributed by atoms with E-state index >= 15 is 0 Å². The van der Waals surface area contributed by atoms with Gasteiger partial charge < -0.3 is 5.32 Å². The summed E-state index contributed by atoms with van der Waals surface area (Å²) < 4.78 is 13.1. The lowest BCUT2D eigenvalue weighted by Crippen LogP contribution is -2.45. The number of hydrogen-bond acceptors (Lipinski definition) is 3. The van der Waals surface area contributed by atoms with Crippen LogP contribution in [0.5, 0.6) is 0 Å². The SMILES string of the molecule is CCC(Nc1cccc(C(C)=O)c1)N1CCC(Cc2ccc(F)cc2)CC1. The summed E-state index contributed by atoms with van der Waals surface area (Å²) in [6, 6.07) is 14.7. The number of piperidine rings is 1. The van der Waals surface area contributed by atoms with Gasteiger partial charge in [0.1, 0.15) is 5.82 Å². The maximum Gasteiger partial charge on any atom is 0.159 e. The van der Waals surface area contributed by atoms with Gasteiger partial charge in [-0.15, -0.1) is 0 Å². The molecule has 0 aromatic heterocycles. The normalized spacial score (nSPS) is 16.9. The zero-order chi connectivity index (χ0) is 19.2. The predicted molar refractivity (Wildman–Crippen MR) is 109 cm³/mol. The predicted octanol–water partition coefficient (Wildman–Crippen LogP) is 5.13. The number of carbonyl (C=O) groups excluding carboxylic acids is 1. The molecule has 0 amide bonds. The van der Waals surface area contributed by atoms with E-state index in [1.165, 1.54) is 5.56 Å². The third-order valence-electron chi connectivity index (χ3n) is 5.52. The summed E-state index contributed by atoms with van der Waals surface area (Å²) in [6.45, 7) is 5.91. The molecule has 0 spiro atoms. The van der Waals surface area contributed by atoms with Crippen LogP contribution in [0.3, 0.4) is 0 Å². The van der Waals surface area contributed by atoms with Crippen LogP contribution >= 0.6 is 0 Å². The van der Waals surface area contributed by atoms with Crippen molar-refractivity contribution in [3.63, 3.8) is 0 Å². The molecule has 0 saturated carbocycles. The number of carbonyl (C=O) groups is 1. The Hall–Kier alpha value is -2.20. The highest BCUT2D eigenvalue weighted by Crippen LogP contribution is 2.25. The second kappa shape index (κ2) is 9.14. The van der Waals surface area contributed by atoms with Gasteiger partial charge in [-0.25, -0.2) is 4.39 Å². The Kier molecular flexibility index (Phi) is 6.62. The lowest BCUT2D eigenvalue weighted by Gasteiger charge is -2.38. The summed E-state index contributed by atoms with van der Waals surface area (Å²) in [4.78, 5) is 14.1. The number of ketones is 1. The summed E-state index contributed by atoms with van der Waals surface area (Å²) in [6.07, 6.45) is 4.62. The number of nitrogens with zero attached hydrogens (tertiary/aromatic N) is 1. The third-order valence-corrected chi connectivity index (χ3v) is 5.52. The minimum Gasteiger partial charge on any atom is -0.370 e. The quantitative estimate of drug-likeness (QED) is 0.688. The number of rotatable bonds is 7. The van der Waals surface area contributed by atoms with E-state index in [9.17, 15) is 9.18 Å². The van der Waals surface area contributed by atoms with Gasteiger partial charge in [-0.2, -0.15) is 0 Å². The molecule has 27 heavy (non-hydrogen) atoms. The molecule has 4 heteroatoms. The first-order chi connectivity index (χ1) is 13.0. The summed E-state index contributed by atoms with van der Waals surface area (Å²) in [5, 5.41) is 3.60. The molecule has 1 aliphatic rings. The molecule has 1 saturated heterocycles. The number of nitrogens with one attached hydrogen (secondary N) is 1.